The van der Waals surface area contributed by atoms with Gasteiger partial charge in [-0.05, 0) is 30.2 Å². The third kappa shape index (κ3) is 1.35. The minimum Gasteiger partial charge on any atom is -0.329 e. The Kier molecular flexibility index (Phi) is 2.15. The molecule has 0 saturated carbocycles. The Hall–Kier alpha value is -1.16. The number of hydrogen-bond donors (Lipinski definition) is 1. The second-order valence-corrected chi connectivity index (χ2v) is 3.38. The van der Waals surface area contributed by atoms with Crippen molar-refractivity contribution in [1.29, 1.82) is 0 Å². The molecule has 1 heterocycles. The molecule has 0 spiro atoms. The summed E-state index contributed by atoms with van der Waals surface area (Å²) in [6.45, 7) is 1.63. The molecule has 14 heavy (non-hydrogen) atoms. The van der Waals surface area contributed by atoms with Crippen LogP contribution in [0.1, 0.15) is 17.6 Å². The average Bonchev–Trinajstić information content (AvgIpc) is 2.43. The molecule has 0 amide bonds. The molecule has 1 aromatic carbocycles. The van der Waals surface area contributed by atoms with Crippen LogP contribution in [-0.2, 0) is 0 Å². The highest BCUT2D eigenvalue weighted by Gasteiger charge is 2.17. The Bertz CT molecular complexity index is 479. The van der Waals surface area contributed by atoms with Crippen molar-refractivity contribution in [1.82, 2.24) is 9.97 Å². The van der Waals surface area contributed by atoms with Crippen molar-refractivity contribution in [2.24, 2.45) is 0 Å². The van der Waals surface area contributed by atoms with Crippen molar-refractivity contribution in [3.63, 3.8) is 0 Å². The first kappa shape index (κ1) is 9.40. The maximum Gasteiger partial charge on any atom is 0.266 e. The highest BCUT2D eigenvalue weighted by molar-refractivity contribution is 6.29. The van der Waals surface area contributed by atoms with E-state index in [4.69, 9.17) is 11.6 Å². The van der Waals surface area contributed by atoms with Crippen LogP contribution in [-0.4, -0.2) is 9.97 Å². The van der Waals surface area contributed by atoms with Gasteiger partial charge in [-0.25, -0.2) is 13.8 Å². The third-order valence-corrected chi connectivity index (χ3v) is 2.28. The largest absolute Gasteiger partial charge is 0.329 e. The zero-order valence-electron chi connectivity index (χ0n) is 7.31. The van der Waals surface area contributed by atoms with E-state index in [1.807, 2.05) is 0 Å². The topological polar surface area (TPSA) is 28.7 Å². The van der Waals surface area contributed by atoms with Gasteiger partial charge in [-0.2, -0.15) is 0 Å². The van der Waals surface area contributed by atoms with Crippen molar-refractivity contribution in [2.75, 3.05) is 0 Å². The van der Waals surface area contributed by atoms with E-state index in [9.17, 15) is 8.78 Å². The third-order valence-electron chi connectivity index (χ3n) is 2.10. The van der Waals surface area contributed by atoms with Crippen LogP contribution in [0.15, 0.2) is 12.1 Å². The van der Waals surface area contributed by atoms with Crippen molar-refractivity contribution in [3.8, 4) is 0 Å². The van der Waals surface area contributed by atoms with E-state index >= 15 is 0 Å². The van der Waals surface area contributed by atoms with Gasteiger partial charge in [-0.15, -0.1) is 0 Å². The van der Waals surface area contributed by atoms with Crippen molar-refractivity contribution < 1.29 is 8.78 Å². The highest BCUT2D eigenvalue weighted by Crippen LogP contribution is 2.30. The molecule has 0 bridgehead atoms. The summed E-state index contributed by atoms with van der Waals surface area (Å²) in [5.74, 6) is 0. The summed E-state index contributed by atoms with van der Waals surface area (Å²) in [7, 11) is 0. The number of rotatable bonds is 1. The van der Waals surface area contributed by atoms with Gasteiger partial charge in [0.05, 0.1) is 11.0 Å². The Morgan fingerprint density at radius 1 is 1.43 bits per heavy atom. The summed E-state index contributed by atoms with van der Waals surface area (Å²) >= 11 is 5.60. The zero-order valence-corrected chi connectivity index (χ0v) is 8.07. The van der Waals surface area contributed by atoms with E-state index < -0.39 is 6.43 Å². The van der Waals surface area contributed by atoms with Gasteiger partial charge in [-0.3, -0.25) is 0 Å². The molecule has 1 N–H and O–H groups in total. The number of H-pyrrole nitrogens is 1. The van der Waals surface area contributed by atoms with Crippen LogP contribution in [0.5, 0.6) is 0 Å². The van der Waals surface area contributed by atoms with Crippen LogP contribution in [0, 0.1) is 6.92 Å². The summed E-state index contributed by atoms with van der Waals surface area (Å²) in [6, 6.07) is 3.31. The number of imidazole rings is 1. The van der Waals surface area contributed by atoms with Gasteiger partial charge in [0.2, 0.25) is 5.28 Å². The van der Waals surface area contributed by atoms with Gasteiger partial charge in [0.25, 0.3) is 6.43 Å². The van der Waals surface area contributed by atoms with E-state index in [0.29, 0.717) is 11.1 Å². The first-order chi connectivity index (χ1) is 6.59. The molecule has 0 saturated heterocycles. The lowest BCUT2D eigenvalue weighted by Gasteiger charge is -2.04. The molecule has 1 aromatic heterocycles. The lowest BCUT2D eigenvalue weighted by molar-refractivity contribution is 0.152. The second kappa shape index (κ2) is 3.20. The van der Waals surface area contributed by atoms with Gasteiger partial charge in [0, 0.05) is 5.56 Å². The quantitative estimate of drug-likeness (QED) is 0.777. The number of fused-ring (bicyclic) bond motifs is 1. The second-order valence-electron chi connectivity index (χ2n) is 3.02. The Balaban J connectivity index is 2.82. The van der Waals surface area contributed by atoms with Crippen LogP contribution in [0.3, 0.4) is 0 Å². The molecule has 74 valence electrons. The van der Waals surface area contributed by atoms with Crippen LogP contribution >= 0.6 is 11.6 Å². The SMILES string of the molecule is Cc1ccc2[nH]c(Cl)nc2c1C(F)F. The van der Waals surface area contributed by atoms with Crippen molar-refractivity contribution in [3.05, 3.63) is 28.5 Å². The van der Waals surface area contributed by atoms with Crippen molar-refractivity contribution >= 4 is 22.6 Å². The molecule has 5 heteroatoms. The lowest BCUT2D eigenvalue weighted by Crippen LogP contribution is -1.91. The Labute approximate surface area is 83.9 Å². The number of hydrogen-bond acceptors (Lipinski definition) is 1. The summed E-state index contributed by atoms with van der Waals surface area (Å²) in [5, 5.41) is 0.132. The van der Waals surface area contributed by atoms with E-state index in [2.05, 4.69) is 9.97 Å². The van der Waals surface area contributed by atoms with E-state index in [-0.39, 0.29) is 16.4 Å². The summed E-state index contributed by atoms with van der Waals surface area (Å²) in [5.41, 5.74) is 1.27. The zero-order chi connectivity index (χ0) is 10.3. The average molecular weight is 217 g/mol. The van der Waals surface area contributed by atoms with Crippen LogP contribution in [0.4, 0.5) is 8.78 Å². The summed E-state index contributed by atoms with van der Waals surface area (Å²) < 4.78 is 25.3. The fourth-order valence-electron chi connectivity index (χ4n) is 1.44. The van der Waals surface area contributed by atoms with E-state index in [0.717, 1.165) is 0 Å². The molecule has 0 atom stereocenters. The molecule has 2 aromatic rings. The first-order valence-electron chi connectivity index (χ1n) is 4.02. The smallest absolute Gasteiger partial charge is 0.266 e. The van der Waals surface area contributed by atoms with Crippen LogP contribution in [0.2, 0.25) is 5.28 Å². The molecule has 0 aliphatic heterocycles. The fraction of sp³-hybridized carbons (Fsp3) is 0.222. The molecule has 2 nitrogen and oxygen atoms in total. The standard InChI is InChI=1S/C9H7ClF2N2/c1-4-2-3-5-7(6(4)8(11)12)14-9(10)13-5/h2-3,8H,1H3,(H,13,14). The van der Waals surface area contributed by atoms with Gasteiger partial charge < -0.3 is 4.98 Å². The number of aromatic amines is 1. The highest BCUT2D eigenvalue weighted by atomic mass is 35.5. The number of aryl methyl sites for hydroxylation is 1. The number of nitrogens with one attached hydrogen (secondary N) is 1. The minimum atomic E-state index is -2.53. The Morgan fingerprint density at radius 3 is 2.79 bits per heavy atom. The molecule has 0 unspecified atom stereocenters. The van der Waals surface area contributed by atoms with E-state index in [1.165, 1.54) is 0 Å². The van der Waals surface area contributed by atoms with Gasteiger partial charge in [0.1, 0.15) is 0 Å². The predicted octanol–water partition coefficient (Wildman–Crippen LogP) is 3.46. The maximum atomic E-state index is 12.7. The number of alkyl halides is 2. The molecule has 0 aliphatic carbocycles. The molecule has 0 fully saturated rings. The van der Waals surface area contributed by atoms with Gasteiger partial charge in [0.15, 0.2) is 0 Å². The van der Waals surface area contributed by atoms with Crippen LogP contribution < -0.4 is 0 Å². The molecular formula is C9H7ClF2N2. The summed E-state index contributed by atoms with van der Waals surface area (Å²) in [4.78, 5) is 6.53. The molecule has 0 aliphatic rings. The number of benzene rings is 1. The van der Waals surface area contributed by atoms with Gasteiger partial charge in [-0.1, -0.05) is 6.07 Å². The number of nitrogens with zero attached hydrogens (tertiary/aromatic N) is 1. The molecule has 0 radical (unpaired) electrons. The van der Waals surface area contributed by atoms with E-state index in [1.54, 1.807) is 19.1 Å². The van der Waals surface area contributed by atoms with Crippen molar-refractivity contribution in [2.45, 2.75) is 13.3 Å². The maximum absolute atomic E-state index is 12.7. The monoisotopic (exact) mass is 216 g/mol. The fourth-order valence-corrected chi connectivity index (χ4v) is 1.63. The van der Waals surface area contributed by atoms with Gasteiger partial charge >= 0.3 is 0 Å². The predicted molar refractivity (Wildman–Crippen MR) is 50.8 cm³/mol. The number of aromatic nitrogens is 2. The Morgan fingerprint density at radius 2 is 2.14 bits per heavy atom. The lowest BCUT2D eigenvalue weighted by atomic mass is 10.1. The summed E-state index contributed by atoms with van der Waals surface area (Å²) in [6.07, 6.45) is -2.53. The van der Waals surface area contributed by atoms with Crippen LogP contribution in [0.25, 0.3) is 11.0 Å². The molecular weight excluding hydrogens is 210 g/mol. The number of halogens is 3. The first-order valence-corrected chi connectivity index (χ1v) is 4.40. The molecule has 2 rings (SSSR count). The normalized spacial score (nSPS) is 11.5. The minimum absolute atomic E-state index is 0.0503.